The second-order valence-electron chi connectivity index (χ2n) is 4.21. The SMILES string of the molecule is Cc1ccc(F)c(C(C)CC(C)N)c1F. The summed E-state index contributed by atoms with van der Waals surface area (Å²) in [4.78, 5) is 0. The predicted molar refractivity (Wildman–Crippen MR) is 57.8 cm³/mol. The summed E-state index contributed by atoms with van der Waals surface area (Å²) in [5.41, 5.74) is 6.26. The molecule has 2 atom stereocenters. The molecule has 3 heteroatoms. The molecular formula is C12H17F2N. The fourth-order valence-corrected chi connectivity index (χ4v) is 1.81. The molecule has 0 saturated heterocycles. The molecule has 1 rings (SSSR count). The molecule has 2 N–H and O–H groups in total. The Balaban J connectivity index is 3.07. The Kier molecular flexibility index (Phi) is 3.80. The third-order valence-corrected chi connectivity index (χ3v) is 2.54. The molecule has 0 aliphatic rings. The van der Waals surface area contributed by atoms with Crippen LogP contribution < -0.4 is 5.73 Å². The average molecular weight is 213 g/mol. The van der Waals surface area contributed by atoms with Gasteiger partial charge in [0, 0.05) is 11.6 Å². The number of hydrogen-bond donors (Lipinski definition) is 1. The minimum Gasteiger partial charge on any atom is -0.328 e. The Bertz CT molecular complexity index is 348. The molecule has 0 radical (unpaired) electrons. The van der Waals surface area contributed by atoms with Gasteiger partial charge >= 0.3 is 0 Å². The molecule has 0 amide bonds. The molecule has 0 bridgehead atoms. The van der Waals surface area contributed by atoms with E-state index in [4.69, 9.17) is 5.73 Å². The molecule has 0 heterocycles. The third kappa shape index (κ3) is 2.75. The zero-order valence-corrected chi connectivity index (χ0v) is 9.35. The largest absolute Gasteiger partial charge is 0.328 e. The van der Waals surface area contributed by atoms with Crippen molar-refractivity contribution >= 4 is 0 Å². The van der Waals surface area contributed by atoms with E-state index in [1.54, 1.807) is 13.8 Å². The van der Waals surface area contributed by atoms with Crippen molar-refractivity contribution in [3.8, 4) is 0 Å². The molecule has 0 aliphatic carbocycles. The number of nitrogens with two attached hydrogens (primary N) is 1. The third-order valence-electron chi connectivity index (χ3n) is 2.54. The van der Waals surface area contributed by atoms with E-state index in [-0.39, 0.29) is 17.5 Å². The summed E-state index contributed by atoms with van der Waals surface area (Å²) in [6, 6.07) is 2.71. The highest BCUT2D eigenvalue weighted by molar-refractivity contribution is 5.29. The maximum atomic E-state index is 13.7. The van der Waals surface area contributed by atoms with Crippen LogP contribution in [0.2, 0.25) is 0 Å². The van der Waals surface area contributed by atoms with E-state index in [1.165, 1.54) is 12.1 Å². The lowest BCUT2D eigenvalue weighted by Crippen LogP contribution is -2.18. The van der Waals surface area contributed by atoms with Crippen molar-refractivity contribution in [3.05, 3.63) is 34.9 Å². The molecule has 0 fully saturated rings. The van der Waals surface area contributed by atoms with Gasteiger partial charge in [-0.05, 0) is 37.8 Å². The number of halogens is 2. The van der Waals surface area contributed by atoms with E-state index >= 15 is 0 Å². The van der Waals surface area contributed by atoms with Crippen molar-refractivity contribution in [2.75, 3.05) is 0 Å². The molecule has 1 aromatic carbocycles. The Labute approximate surface area is 89.3 Å². The van der Waals surface area contributed by atoms with Gasteiger partial charge in [-0.3, -0.25) is 0 Å². The minimum atomic E-state index is -0.480. The second-order valence-corrected chi connectivity index (χ2v) is 4.21. The summed E-state index contributed by atoms with van der Waals surface area (Å²) >= 11 is 0. The summed E-state index contributed by atoms with van der Waals surface area (Å²) in [5.74, 6) is -1.11. The number of benzene rings is 1. The molecule has 84 valence electrons. The molecule has 15 heavy (non-hydrogen) atoms. The molecule has 1 aromatic rings. The number of aryl methyl sites for hydroxylation is 1. The topological polar surface area (TPSA) is 26.0 Å². The van der Waals surface area contributed by atoms with Crippen molar-refractivity contribution in [2.24, 2.45) is 5.73 Å². The van der Waals surface area contributed by atoms with Gasteiger partial charge < -0.3 is 5.73 Å². The van der Waals surface area contributed by atoms with Gasteiger partial charge in [-0.15, -0.1) is 0 Å². The first-order valence-electron chi connectivity index (χ1n) is 5.13. The van der Waals surface area contributed by atoms with Crippen LogP contribution in [0.4, 0.5) is 8.78 Å². The number of rotatable bonds is 3. The standard InChI is InChI=1S/C12H17F2N/c1-7-4-5-10(13)11(12(7)14)8(2)6-9(3)15/h4-5,8-9H,6,15H2,1-3H3. The van der Waals surface area contributed by atoms with E-state index < -0.39 is 11.6 Å². The lowest BCUT2D eigenvalue weighted by Gasteiger charge is -2.16. The highest BCUT2D eigenvalue weighted by Crippen LogP contribution is 2.27. The van der Waals surface area contributed by atoms with Gasteiger partial charge in [0.1, 0.15) is 11.6 Å². The van der Waals surface area contributed by atoms with Crippen LogP contribution in [0.15, 0.2) is 12.1 Å². The van der Waals surface area contributed by atoms with Gasteiger partial charge in [-0.25, -0.2) is 8.78 Å². The lowest BCUT2D eigenvalue weighted by atomic mass is 9.92. The van der Waals surface area contributed by atoms with Gasteiger partial charge in [0.05, 0.1) is 0 Å². The molecule has 1 nitrogen and oxygen atoms in total. The smallest absolute Gasteiger partial charge is 0.132 e. The zero-order valence-electron chi connectivity index (χ0n) is 9.35. The predicted octanol–water partition coefficient (Wildman–Crippen LogP) is 3.11. The van der Waals surface area contributed by atoms with Crippen LogP contribution in [0, 0.1) is 18.6 Å². The zero-order chi connectivity index (χ0) is 11.6. The number of hydrogen-bond acceptors (Lipinski definition) is 1. The van der Waals surface area contributed by atoms with Crippen LogP contribution in [0.25, 0.3) is 0 Å². The molecule has 0 saturated carbocycles. The van der Waals surface area contributed by atoms with E-state index in [1.807, 2.05) is 6.92 Å². The second kappa shape index (κ2) is 4.71. The fourth-order valence-electron chi connectivity index (χ4n) is 1.81. The summed E-state index contributed by atoms with van der Waals surface area (Å²) in [7, 11) is 0. The average Bonchev–Trinajstić information content (AvgIpc) is 2.11. The van der Waals surface area contributed by atoms with Crippen molar-refractivity contribution in [1.29, 1.82) is 0 Å². The first-order chi connectivity index (χ1) is 6.93. The molecule has 0 aromatic heterocycles. The summed E-state index contributed by atoms with van der Waals surface area (Å²) in [6.07, 6.45) is 0.581. The maximum absolute atomic E-state index is 13.7. The van der Waals surface area contributed by atoms with Gasteiger partial charge in [0.2, 0.25) is 0 Å². The van der Waals surface area contributed by atoms with E-state index in [9.17, 15) is 8.78 Å². The van der Waals surface area contributed by atoms with Gasteiger partial charge in [0.25, 0.3) is 0 Å². The molecular weight excluding hydrogens is 196 g/mol. The van der Waals surface area contributed by atoms with E-state index in [0.717, 1.165) is 0 Å². The van der Waals surface area contributed by atoms with Gasteiger partial charge in [-0.1, -0.05) is 13.0 Å². The Morgan fingerprint density at radius 3 is 2.40 bits per heavy atom. The normalized spacial score (nSPS) is 15.1. The van der Waals surface area contributed by atoms with E-state index in [0.29, 0.717) is 12.0 Å². The van der Waals surface area contributed by atoms with Crippen LogP contribution in [0.3, 0.4) is 0 Å². The van der Waals surface area contributed by atoms with Crippen LogP contribution >= 0.6 is 0 Å². The van der Waals surface area contributed by atoms with Gasteiger partial charge in [0.15, 0.2) is 0 Å². The van der Waals surface area contributed by atoms with Crippen molar-refractivity contribution in [2.45, 2.75) is 39.2 Å². The van der Waals surface area contributed by atoms with Crippen LogP contribution in [0.1, 0.15) is 37.3 Å². The maximum Gasteiger partial charge on any atom is 0.132 e. The summed E-state index contributed by atoms with van der Waals surface area (Å²) in [6.45, 7) is 5.27. The van der Waals surface area contributed by atoms with Crippen molar-refractivity contribution in [1.82, 2.24) is 0 Å². The Hall–Kier alpha value is -0.960. The fraction of sp³-hybridized carbons (Fsp3) is 0.500. The quantitative estimate of drug-likeness (QED) is 0.820. The first kappa shape index (κ1) is 12.1. The first-order valence-corrected chi connectivity index (χ1v) is 5.13. The molecule has 2 unspecified atom stereocenters. The Morgan fingerprint density at radius 1 is 1.27 bits per heavy atom. The highest BCUT2D eigenvalue weighted by atomic mass is 19.1. The van der Waals surface area contributed by atoms with Gasteiger partial charge in [-0.2, -0.15) is 0 Å². The Morgan fingerprint density at radius 2 is 1.87 bits per heavy atom. The molecule has 0 aliphatic heterocycles. The van der Waals surface area contributed by atoms with Crippen molar-refractivity contribution < 1.29 is 8.78 Å². The minimum absolute atomic E-state index is 0.0562. The summed E-state index contributed by atoms with van der Waals surface area (Å²) in [5, 5.41) is 0. The highest BCUT2D eigenvalue weighted by Gasteiger charge is 2.18. The van der Waals surface area contributed by atoms with Crippen molar-refractivity contribution in [3.63, 3.8) is 0 Å². The molecule has 0 spiro atoms. The summed E-state index contributed by atoms with van der Waals surface area (Å²) < 4.78 is 27.1. The van der Waals surface area contributed by atoms with E-state index in [2.05, 4.69) is 0 Å². The lowest BCUT2D eigenvalue weighted by molar-refractivity contribution is 0.498. The van der Waals surface area contributed by atoms with Crippen LogP contribution in [0.5, 0.6) is 0 Å². The van der Waals surface area contributed by atoms with Crippen LogP contribution in [-0.2, 0) is 0 Å². The monoisotopic (exact) mass is 213 g/mol. The van der Waals surface area contributed by atoms with Crippen LogP contribution in [-0.4, -0.2) is 6.04 Å².